The summed E-state index contributed by atoms with van der Waals surface area (Å²) < 4.78 is 37.7. The van der Waals surface area contributed by atoms with Gasteiger partial charge in [0, 0.05) is 49.4 Å². The zero-order chi connectivity index (χ0) is 27.2. The molecule has 3 rings (SSSR count). The molecular formula is C26H34N2O6. The standard InChI is InChI=1S/C26H34N2O6/c1-19(2)28(26(32)20-13-14-27(23(29)17-20)24-11-8-16-34-24)18-21-9-5-6-10-22(21)33-15-7-3-4-12-25(30)31/h5-6,8-11,16,19-20H,3-4,7,12-15,17-18H2,1-2H3,(H,30,31)/i18D2,19D. The van der Waals surface area contributed by atoms with Crippen LogP contribution in [0.5, 0.6) is 5.75 Å². The van der Waals surface area contributed by atoms with Crippen molar-refractivity contribution < 1.29 is 32.8 Å². The molecule has 1 aliphatic rings. The van der Waals surface area contributed by atoms with E-state index in [-0.39, 0.29) is 43.2 Å². The number of amides is 2. The number of carbonyl (C=O) groups is 3. The molecule has 2 amide bonds. The fourth-order valence-corrected chi connectivity index (χ4v) is 3.81. The highest BCUT2D eigenvalue weighted by molar-refractivity contribution is 5.96. The van der Waals surface area contributed by atoms with E-state index in [4.69, 9.17) is 18.4 Å². The molecule has 0 spiro atoms. The summed E-state index contributed by atoms with van der Waals surface area (Å²) in [5.41, 5.74) is 0.105. The fraction of sp³-hybridized carbons (Fsp3) is 0.500. The first-order valence-corrected chi connectivity index (χ1v) is 11.5. The molecule has 1 unspecified atom stereocenters. The average Bonchev–Trinajstić information content (AvgIpc) is 3.35. The summed E-state index contributed by atoms with van der Waals surface area (Å²) in [6.07, 6.45) is 3.50. The molecular weight excluding hydrogens is 436 g/mol. The van der Waals surface area contributed by atoms with E-state index in [1.807, 2.05) is 0 Å². The van der Waals surface area contributed by atoms with Gasteiger partial charge >= 0.3 is 5.97 Å². The third kappa shape index (κ3) is 6.85. The highest BCUT2D eigenvalue weighted by Gasteiger charge is 2.35. The minimum Gasteiger partial charge on any atom is -0.493 e. The number of aliphatic carboxylic acids is 1. The van der Waals surface area contributed by atoms with E-state index in [0.717, 1.165) is 4.90 Å². The molecule has 0 saturated carbocycles. The van der Waals surface area contributed by atoms with Crippen molar-refractivity contribution in [3.63, 3.8) is 0 Å². The maximum Gasteiger partial charge on any atom is 0.303 e. The molecule has 1 saturated heterocycles. The number of carbonyl (C=O) groups excluding carboxylic acids is 2. The Bertz CT molecular complexity index is 1080. The Morgan fingerprint density at radius 2 is 2.06 bits per heavy atom. The lowest BCUT2D eigenvalue weighted by Crippen LogP contribution is -2.47. The first-order valence-electron chi connectivity index (χ1n) is 13.0. The van der Waals surface area contributed by atoms with Crippen LogP contribution in [0.4, 0.5) is 5.88 Å². The number of carboxylic acid groups (broad SMARTS) is 1. The van der Waals surface area contributed by atoms with Crippen LogP contribution in [-0.2, 0) is 20.9 Å². The summed E-state index contributed by atoms with van der Waals surface area (Å²) >= 11 is 0. The van der Waals surface area contributed by atoms with Gasteiger partial charge in [0.2, 0.25) is 17.7 Å². The third-order valence-corrected chi connectivity index (χ3v) is 5.62. The molecule has 184 valence electrons. The number of piperidine rings is 1. The van der Waals surface area contributed by atoms with Crippen LogP contribution < -0.4 is 9.64 Å². The first kappa shape index (κ1) is 21.3. The number of hydrogen-bond acceptors (Lipinski definition) is 5. The van der Waals surface area contributed by atoms with Crippen molar-refractivity contribution >= 4 is 23.7 Å². The predicted octanol–water partition coefficient (Wildman–Crippen LogP) is 4.48. The fourth-order valence-electron chi connectivity index (χ4n) is 3.81. The summed E-state index contributed by atoms with van der Waals surface area (Å²) in [5, 5.41) is 8.76. The van der Waals surface area contributed by atoms with Crippen LogP contribution >= 0.6 is 0 Å². The molecule has 8 nitrogen and oxygen atoms in total. The molecule has 0 aliphatic carbocycles. The zero-order valence-electron chi connectivity index (χ0n) is 22.7. The van der Waals surface area contributed by atoms with Gasteiger partial charge in [-0.15, -0.1) is 0 Å². The number of benzene rings is 1. The van der Waals surface area contributed by atoms with Gasteiger partial charge in [-0.2, -0.15) is 0 Å². The number of unbranched alkanes of at least 4 members (excludes halogenated alkanes) is 2. The van der Waals surface area contributed by atoms with Gasteiger partial charge in [0.1, 0.15) is 5.75 Å². The smallest absolute Gasteiger partial charge is 0.303 e. The Kier molecular flexibility index (Phi) is 7.66. The lowest BCUT2D eigenvalue weighted by Gasteiger charge is -2.35. The lowest BCUT2D eigenvalue weighted by atomic mass is 9.94. The van der Waals surface area contributed by atoms with Gasteiger partial charge in [-0.05, 0) is 51.7 Å². The maximum absolute atomic E-state index is 13.7. The number of furan rings is 1. The highest BCUT2D eigenvalue weighted by Crippen LogP contribution is 2.28. The van der Waals surface area contributed by atoms with Gasteiger partial charge in [0.15, 0.2) is 0 Å². The van der Waals surface area contributed by atoms with Crippen LogP contribution in [-0.4, -0.2) is 47.0 Å². The van der Waals surface area contributed by atoms with Crippen molar-refractivity contribution in [3.8, 4) is 5.75 Å². The number of nitrogens with zero attached hydrogens (tertiary/aromatic N) is 2. The second-order valence-electron chi connectivity index (χ2n) is 8.47. The van der Waals surface area contributed by atoms with Crippen molar-refractivity contribution in [2.45, 2.75) is 64.9 Å². The molecule has 1 aromatic carbocycles. The van der Waals surface area contributed by atoms with Gasteiger partial charge in [0.25, 0.3) is 0 Å². The van der Waals surface area contributed by atoms with Crippen molar-refractivity contribution in [2.24, 2.45) is 5.92 Å². The summed E-state index contributed by atoms with van der Waals surface area (Å²) in [6, 6.07) is 8.17. The summed E-state index contributed by atoms with van der Waals surface area (Å²) in [7, 11) is 0. The molecule has 0 bridgehead atoms. The zero-order valence-corrected chi connectivity index (χ0v) is 19.7. The molecule has 1 atom stereocenters. The molecule has 8 heteroatoms. The van der Waals surface area contributed by atoms with Crippen molar-refractivity contribution in [1.82, 2.24) is 4.90 Å². The van der Waals surface area contributed by atoms with Crippen LogP contribution in [0.15, 0.2) is 47.1 Å². The number of rotatable bonds is 12. The molecule has 1 aromatic heterocycles. The Hall–Kier alpha value is -3.29. The number of anilines is 1. The minimum atomic E-state index is -2.40. The van der Waals surface area contributed by atoms with Crippen LogP contribution in [0.3, 0.4) is 0 Å². The Morgan fingerprint density at radius 1 is 1.26 bits per heavy atom. The van der Waals surface area contributed by atoms with Crippen molar-refractivity contribution in [3.05, 3.63) is 48.2 Å². The molecule has 2 aromatic rings. The summed E-state index contributed by atoms with van der Waals surface area (Å²) in [6.45, 7) is 0.983. The largest absolute Gasteiger partial charge is 0.493 e. The summed E-state index contributed by atoms with van der Waals surface area (Å²) in [5.74, 6) is -1.89. The topological polar surface area (TPSA) is 100 Å². The van der Waals surface area contributed by atoms with Gasteiger partial charge < -0.3 is 19.2 Å². The minimum absolute atomic E-state index is 0.0811. The molecule has 1 aliphatic heterocycles. The molecule has 34 heavy (non-hydrogen) atoms. The Morgan fingerprint density at radius 3 is 2.74 bits per heavy atom. The lowest BCUT2D eigenvalue weighted by molar-refractivity contribution is -0.141. The van der Waals surface area contributed by atoms with E-state index in [1.165, 1.54) is 31.1 Å². The van der Waals surface area contributed by atoms with Gasteiger partial charge in [0.05, 0.1) is 17.0 Å². The summed E-state index contributed by atoms with van der Waals surface area (Å²) in [4.78, 5) is 39.5. The highest BCUT2D eigenvalue weighted by atomic mass is 16.5. The predicted molar refractivity (Wildman–Crippen MR) is 128 cm³/mol. The quantitative estimate of drug-likeness (QED) is 0.456. The van der Waals surface area contributed by atoms with Crippen LogP contribution in [0, 0.1) is 5.92 Å². The molecule has 2 heterocycles. The number of ether oxygens (including phenoxy) is 1. The van der Waals surface area contributed by atoms with Crippen molar-refractivity contribution in [1.29, 1.82) is 0 Å². The number of hydrogen-bond donors (Lipinski definition) is 1. The van der Waals surface area contributed by atoms with E-state index in [1.54, 1.807) is 30.3 Å². The second-order valence-corrected chi connectivity index (χ2v) is 8.47. The maximum atomic E-state index is 13.7. The van der Waals surface area contributed by atoms with Gasteiger partial charge in [-0.1, -0.05) is 18.2 Å². The van der Waals surface area contributed by atoms with Crippen LogP contribution in [0.25, 0.3) is 0 Å². The van der Waals surface area contributed by atoms with Gasteiger partial charge in [-0.3, -0.25) is 19.3 Å². The third-order valence-electron chi connectivity index (χ3n) is 5.62. The molecule has 1 fully saturated rings. The Balaban J connectivity index is 1.76. The van der Waals surface area contributed by atoms with E-state index in [0.29, 0.717) is 31.6 Å². The van der Waals surface area contributed by atoms with Crippen LogP contribution in [0.1, 0.15) is 62.0 Å². The number of para-hydroxylation sites is 1. The Labute approximate surface area is 204 Å². The molecule has 0 radical (unpaired) electrons. The monoisotopic (exact) mass is 473 g/mol. The van der Waals surface area contributed by atoms with E-state index >= 15 is 0 Å². The van der Waals surface area contributed by atoms with Crippen molar-refractivity contribution in [2.75, 3.05) is 18.1 Å². The normalized spacial score (nSPS) is 18.1. The van der Waals surface area contributed by atoms with E-state index in [2.05, 4.69) is 0 Å². The van der Waals surface area contributed by atoms with Crippen LogP contribution in [0.2, 0.25) is 0 Å². The van der Waals surface area contributed by atoms with Gasteiger partial charge in [-0.25, -0.2) is 0 Å². The molecule has 1 N–H and O–H groups in total. The first-order chi connectivity index (χ1) is 17.4. The van der Waals surface area contributed by atoms with E-state index in [9.17, 15) is 14.4 Å². The SMILES string of the molecule is [2H]C(C)(C)N(C(=O)C1CCN(c2ccco2)C(=O)C1)C([2H])([2H])c1ccccc1OCCCCCC(=O)O. The van der Waals surface area contributed by atoms with E-state index < -0.39 is 30.3 Å². The average molecular weight is 474 g/mol. The second kappa shape index (κ2) is 12.3. The number of carboxylic acids is 1.